The first kappa shape index (κ1) is 13.9. The van der Waals surface area contributed by atoms with Gasteiger partial charge in [0.1, 0.15) is 0 Å². The molecule has 2 aromatic rings. The summed E-state index contributed by atoms with van der Waals surface area (Å²) in [4.78, 5) is 33.1. The van der Waals surface area contributed by atoms with Crippen LogP contribution in [-0.4, -0.2) is 18.4 Å². The molecule has 0 N–H and O–H groups in total. The van der Waals surface area contributed by atoms with Gasteiger partial charge in [0, 0.05) is 11.1 Å². The van der Waals surface area contributed by atoms with Crippen LogP contribution < -0.4 is 0 Å². The highest BCUT2D eigenvalue weighted by Crippen LogP contribution is 2.12. The van der Waals surface area contributed by atoms with Gasteiger partial charge >= 0.3 is 0 Å². The Hall–Kier alpha value is -2.55. The normalized spacial score (nSPS) is 10.2. The monoisotopic (exact) mass is 264 g/mol. The molecule has 0 amide bonds. The summed E-state index contributed by atoms with van der Waals surface area (Å²) in [6, 6.07) is 15.8. The Morgan fingerprint density at radius 3 is 1.95 bits per heavy atom. The van der Waals surface area contributed by atoms with E-state index in [2.05, 4.69) is 0 Å². The van der Waals surface area contributed by atoms with Crippen molar-refractivity contribution in [1.29, 1.82) is 0 Å². The largest absolute Gasteiger partial charge is 0.290 e. The highest BCUT2D eigenvalue weighted by Gasteiger charge is 2.11. The van der Waals surface area contributed by atoms with Gasteiger partial charge in [-0.1, -0.05) is 54.6 Å². The van der Waals surface area contributed by atoms with Gasteiger partial charge in [-0.15, -0.1) is 0 Å². The van der Waals surface area contributed by atoms with E-state index in [-0.39, 0.29) is 12.2 Å². The average molecular weight is 264 g/mol. The van der Waals surface area contributed by atoms with Crippen LogP contribution in [0.3, 0.4) is 0 Å². The van der Waals surface area contributed by atoms with E-state index in [1.165, 1.54) is 0 Å². The summed E-state index contributed by atoms with van der Waals surface area (Å²) in [7, 11) is 0. The van der Waals surface area contributed by atoms with E-state index in [0.717, 1.165) is 5.56 Å². The number of benzene rings is 2. The topological polar surface area (TPSA) is 51.2 Å². The van der Waals surface area contributed by atoms with Gasteiger partial charge in [0.2, 0.25) is 12.6 Å². The predicted octanol–water partition coefficient (Wildman–Crippen LogP) is 2.30. The lowest BCUT2D eigenvalue weighted by Crippen LogP contribution is -2.07. The van der Waals surface area contributed by atoms with Crippen molar-refractivity contribution in [2.75, 3.05) is 0 Å². The van der Waals surface area contributed by atoms with Crippen LogP contribution in [0.5, 0.6) is 0 Å². The van der Waals surface area contributed by atoms with Gasteiger partial charge in [0.25, 0.3) is 0 Å². The molecule has 0 aliphatic heterocycles. The fourth-order valence-electron chi connectivity index (χ4n) is 1.89. The second-order valence-corrected chi connectivity index (χ2v) is 4.38. The highest BCUT2D eigenvalue weighted by atomic mass is 16.1. The molecule has 2 radical (unpaired) electrons. The van der Waals surface area contributed by atoms with Crippen molar-refractivity contribution in [3.63, 3.8) is 0 Å². The molecule has 0 unspecified atom stereocenters. The lowest BCUT2D eigenvalue weighted by molar-refractivity contribution is 0.103. The first-order chi connectivity index (χ1) is 9.74. The van der Waals surface area contributed by atoms with Crippen molar-refractivity contribution in [3.05, 3.63) is 71.3 Å². The maximum atomic E-state index is 12.2. The van der Waals surface area contributed by atoms with Gasteiger partial charge in [-0.25, -0.2) is 0 Å². The summed E-state index contributed by atoms with van der Waals surface area (Å²) < 4.78 is 0. The lowest BCUT2D eigenvalue weighted by atomic mass is 9.98. The minimum atomic E-state index is -0.870. The van der Waals surface area contributed by atoms with Crippen molar-refractivity contribution >= 4 is 18.4 Å². The third-order valence-corrected chi connectivity index (χ3v) is 2.98. The zero-order chi connectivity index (χ0) is 14.4. The quantitative estimate of drug-likeness (QED) is 0.594. The molecule has 0 fully saturated rings. The summed E-state index contributed by atoms with van der Waals surface area (Å²) in [6.45, 7) is 0. The van der Waals surface area contributed by atoms with Gasteiger partial charge in [-0.05, 0) is 12.0 Å². The number of ketones is 1. The van der Waals surface area contributed by atoms with Gasteiger partial charge in [-0.3, -0.25) is 14.4 Å². The first-order valence-corrected chi connectivity index (χ1v) is 6.18. The minimum Gasteiger partial charge on any atom is -0.290 e. The number of carbonyl (C=O) groups is 1. The van der Waals surface area contributed by atoms with E-state index in [1.807, 2.05) is 18.2 Å². The average Bonchev–Trinajstić information content (AvgIpc) is 2.53. The van der Waals surface area contributed by atoms with E-state index in [0.29, 0.717) is 11.1 Å². The van der Waals surface area contributed by atoms with Crippen molar-refractivity contribution in [1.82, 2.24) is 0 Å². The van der Waals surface area contributed by atoms with Crippen molar-refractivity contribution in [2.24, 2.45) is 5.92 Å². The maximum Gasteiger partial charge on any atom is 0.210 e. The minimum absolute atomic E-state index is 0.0578. The van der Waals surface area contributed by atoms with Gasteiger partial charge in [0.15, 0.2) is 5.78 Å². The summed E-state index contributed by atoms with van der Waals surface area (Å²) in [5.41, 5.74) is 1.99. The highest BCUT2D eigenvalue weighted by molar-refractivity contribution is 6.08. The van der Waals surface area contributed by atoms with E-state index in [1.54, 1.807) is 49.0 Å². The molecule has 3 heteroatoms. The molecule has 0 aliphatic carbocycles. The standard InChI is InChI=1S/C17H12O3/c18-11-14(12-19)10-13-6-8-16(9-7-13)17(20)15-4-2-1-3-5-15/h1-9,14H,10H2. The van der Waals surface area contributed by atoms with E-state index in [9.17, 15) is 14.4 Å². The maximum absolute atomic E-state index is 12.2. The number of hydrogen-bond donors (Lipinski definition) is 0. The van der Waals surface area contributed by atoms with Crippen LogP contribution in [0.1, 0.15) is 21.5 Å². The molecule has 0 heterocycles. The van der Waals surface area contributed by atoms with E-state index < -0.39 is 5.92 Å². The molecule has 0 saturated heterocycles. The van der Waals surface area contributed by atoms with E-state index >= 15 is 0 Å². The van der Waals surface area contributed by atoms with Gasteiger partial charge in [0.05, 0.1) is 5.92 Å². The molecular weight excluding hydrogens is 252 g/mol. The smallest absolute Gasteiger partial charge is 0.210 e. The van der Waals surface area contributed by atoms with E-state index in [4.69, 9.17) is 0 Å². The van der Waals surface area contributed by atoms with Crippen molar-refractivity contribution in [2.45, 2.75) is 6.42 Å². The molecule has 0 aromatic heterocycles. The molecule has 0 bridgehead atoms. The SMILES string of the molecule is O=[C]C([C]=O)Cc1ccc(C(=O)c2ccccc2)cc1. The molecule has 0 atom stereocenters. The Bertz CT molecular complexity index is 592. The Kier molecular flexibility index (Phi) is 4.56. The number of carbonyl (C=O) groups excluding carboxylic acids is 3. The molecule has 0 spiro atoms. The Balaban J connectivity index is 2.14. The molecule has 0 aliphatic rings. The summed E-state index contributed by atoms with van der Waals surface area (Å²) >= 11 is 0. The molecule has 2 rings (SSSR count). The fraction of sp³-hybridized carbons (Fsp3) is 0.118. The summed E-state index contributed by atoms with van der Waals surface area (Å²) in [6.07, 6.45) is 3.50. The fourth-order valence-corrected chi connectivity index (χ4v) is 1.89. The zero-order valence-electron chi connectivity index (χ0n) is 10.7. The Labute approximate surface area is 117 Å². The zero-order valence-corrected chi connectivity index (χ0v) is 10.7. The van der Waals surface area contributed by atoms with Crippen molar-refractivity contribution < 1.29 is 14.4 Å². The van der Waals surface area contributed by atoms with Crippen molar-refractivity contribution in [3.8, 4) is 0 Å². The Morgan fingerprint density at radius 1 is 0.850 bits per heavy atom. The first-order valence-electron chi connectivity index (χ1n) is 6.18. The van der Waals surface area contributed by atoms with Gasteiger partial charge < -0.3 is 0 Å². The summed E-state index contributed by atoms with van der Waals surface area (Å²) in [5.74, 6) is -0.928. The van der Waals surface area contributed by atoms with Crippen LogP contribution in [0.2, 0.25) is 0 Å². The van der Waals surface area contributed by atoms with Crippen LogP contribution in [-0.2, 0) is 16.0 Å². The molecular formula is C17H12O3. The molecule has 3 nitrogen and oxygen atoms in total. The van der Waals surface area contributed by atoms with Crippen LogP contribution in [0, 0.1) is 5.92 Å². The second kappa shape index (κ2) is 6.57. The number of rotatable bonds is 6. The molecule has 20 heavy (non-hydrogen) atoms. The third kappa shape index (κ3) is 3.26. The third-order valence-electron chi connectivity index (χ3n) is 2.98. The van der Waals surface area contributed by atoms with Crippen LogP contribution >= 0.6 is 0 Å². The summed E-state index contributed by atoms with van der Waals surface area (Å²) in [5, 5.41) is 0. The predicted molar refractivity (Wildman–Crippen MR) is 74.9 cm³/mol. The lowest BCUT2D eigenvalue weighted by Gasteiger charge is -2.04. The second-order valence-electron chi connectivity index (χ2n) is 4.38. The van der Waals surface area contributed by atoms with Crippen LogP contribution in [0.15, 0.2) is 54.6 Å². The van der Waals surface area contributed by atoms with Crippen LogP contribution in [0.25, 0.3) is 0 Å². The van der Waals surface area contributed by atoms with Crippen LogP contribution in [0.4, 0.5) is 0 Å². The molecule has 98 valence electrons. The molecule has 2 aromatic carbocycles. The number of hydrogen-bond acceptors (Lipinski definition) is 3. The van der Waals surface area contributed by atoms with Gasteiger partial charge in [-0.2, -0.15) is 0 Å². The Morgan fingerprint density at radius 2 is 1.40 bits per heavy atom. The molecule has 0 saturated carbocycles.